The maximum absolute atomic E-state index is 11.6. The van der Waals surface area contributed by atoms with Gasteiger partial charge >= 0.3 is 5.97 Å². The molecule has 3 atom stereocenters. The van der Waals surface area contributed by atoms with E-state index in [-0.39, 0.29) is 18.2 Å². The molecule has 0 aromatic carbocycles. The SMILES string of the molecule is CC1CCC(NS(=O)(=O)CCC(=O)O)C1C. The molecule has 1 saturated carbocycles. The first-order valence-corrected chi connectivity index (χ1v) is 7.19. The van der Waals surface area contributed by atoms with Crippen LogP contribution < -0.4 is 4.72 Å². The number of nitrogens with one attached hydrogen (secondary N) is 1. The molecule has 2 N–H and O–H groups in total. The van der Waals surface area contributed by atoms with Crippen LogP contribution in [0.25, 0.3) is 0 Å². The maximum atomic E-state index is 11.6. The molecular formula is C10H19NO4S. The summed E-state index contributed by atoms with van der Waals surface area (Å²) in [5, 5.41) is 8.44. The van der Waals surface area contributed by atoms with Crippen molar-refractivity contribution in [3.63, 3.8) is 0 Å². The van der Waals surface area contributed by atoms with E-state index >= 15 is 0 Å². The van der Waals surface area contributed by atoms with E-state index in [1.165, 1.54) is 0 Å². The lowest BCUT2D eigenvalue weighted by atomic mass is 9.98. The minimum atomic E-state index is -3.45. The number of carboxylic acid groups (broad SMARTS) is 1. The van der Waals surface area contributed by atoms with Crippen LogP contribution in [0.15, 0.2) is 0 Å². The van der Waals surface area contributed by atoms with E-state index in [0.29, 0.717) is 11.8 Å². The molecule has 1 fully saturated rings. The summed E-state index contributed by atoms with van der Waals surface area (Å²) in [7, 11) is -3.45. The second-order valence-electron chi connectivity index (χ2n) is 4.60. The zero-order valence-corrected chi connectivity index (χ0v) is 10.5. The highest BCUT2D eigenvalue weighted by Crippen LogP contribution is 2.31. The first kappa shape index (κ1) is 13.4. The van der Waals surface area contributed by atoms with Crippen molar-refractivity contribution in [3.05, 3.63) is 0 Å². The number of aliphatic carboxylic acids is 1. The fraction of sp³-hybridized carbons (Fsp3) is 0.900. The van der Waals surface area contributed by atoms with Crippen LogP contribution in [0.1, 0.15) is 33.1 Å². The first-order valence-electron chi connectivity index (χ1n) is 5.53. The molecule has 0 radical (unpaired) electrons. The van der Waals surface area contributed by atoms with Crippen LogP contribution in [0, 0.1) is 11.8 Å². The van der Waals surface area contributed by atoms with Crippen molar-refractivity contribution in [2.45, 2.75) is 39.2 Å². The van der Waals surface area contributed by atoms with Crippen molar-refractivity contribution in [2.75, 3.05) is 5.75 Å². The highest BCUT2D eigenvalue weighted by molar-refractivity contribution is 7.89. The summed E-state index contributed by atoms with van der Waals surface area (Å²) in [6.07, 6.45) is 1.52. The van der Waals surface area contributed by atoms with E-state index in [0.717, 1.165) is 12.8 Å². The van der Waals surface area contributed by atoms with Crippen molar-refractivity contribution >= 4 is 16.0 Å². The molecular weight excluding hydrogens is 230 g/mol. The monoisotopic (exact) mass is 249 g/mol. The summed E-state index contributed by atoms with van der Waals surface area (Å²) in [5.74, 6) is -0.579. The normalized spacial score (nSPS) is 30.5. The van der Waals surface area contributed by atoms with E-state index in [4.69, 9.17) is 5.11 Å². The molecule has 0 bridgehead atoms. The zero-order valence-electron chi connectivity index (χ0n) is 9.64. The van der Waals surface area contributed by atoms with Crippen LogP contribution in [-0.2, 0) is 14.8 Å². The molecule has 0 aromatic heterocycles. The molecule has 5 nitrogen and oxygen atoms in total. The second kappa shape index (κ2) is 5.14. The van der Waals surface area contributed by atoms with E-state index in [2.05, 4.69) is 11.6 Å². The van der Waals surface area contributed by atoms with Gasteiger partial charge in [0, 0.05) is 6.04 Å². The van der Waals surface area contributed by atoms with Crippen LogP contribution >= 0.6 is 0 Å². The van der Waals surface area contributed by atoms with E-state index in [1.807, 2.05) is 6.92 Å². The minimum Gasteiger partial charge on any atom is -0.481 e. The molecule has 0 aliphatic heterocycles. The van der Waals surface area contributed by atoms with Crippen molar-refractivity contribution in [2.24, 2.45) is 11.8 Å². The standard InChI is InChI=1S/C10H19NO4S/c1-7-3-4-9(8(7)2)11-16(14,15)6-5-10(12)13/h7-9,11H,3-6H2,1-2H3,(H,12,13). The third kappa shape index (κ3) is 3.75. The van der Waals surface area contributed by atoms with Gasteiger partial charge < -0.3 is 5.11 Å². The fourth-order valence-electron chi connectivity index (χ4n) is 2.04. The van der Waals surface area contributed by atoms with Crippen molar-refractivity contribution in [3.8, 4) is 0 Å². The Balaban J connectivity index is 2.50. The summed E-state index contributed by atoms with van der Waals surface area (Å²) in [4.78, 5) is 10.3. The van der Waals surface area contributed by atoms with Crippen molar-refractivity contribution in [1.29, 1.82) is 0 Å². The zero-order chi connectivity index (χ0) is 12.3. The molecule has 0 heterocycles. The number of carbonyl (C=O) groups is 1. The number of rotatable bonds is 5. The van der Waals surface area contributed by atoms with E-state index in [9.17, 15) is 13.2 Å². The summed E-state index contributed by atoms with van der Waals surface area (Å²) in [6.45, 7) is 4.14. The number of sulfonamides is 1. The van der Waals surface area contributed by atoms with Gasteiger partial charge in [-0.1, -0.05) is 13.8 Å². The van der Waals surface area contributed by atoms with Gasteiger partial charge in [0.1, 0.15) is 0 Å². The predicted octanol–water partition coefficient (Wildman–Crippen LogP) is 0.815. The molecule has 6 heteroatoms. The summed E-state index contributed by atoms with van der Waals surface area (Å²) in [6, 6.07) is -0.0335. The van der Waals surface area contributed by atoms with Gasteiger partial charge in [0.05, 0.1) is 12.2 Å². The van der Waals surface area contributed by atoms with Gasteiger partial charge in [-0.15, -0.1) is 0 Å². The fourth-order valence-corrected chi connectivity index (χ4v) is 3.40. The van der Waals surface area contributed by atoms with Gasteiger partial charge in [-0.3, -0.25) is 4.79 Å². The Kier molecular flexibility index (Phi) is 4.32. The topological polar surface area (TPSA) is 83.5 Å². The predicted molar refractivity (Wildman–Crippen MR) is 60.5 cm³/mol. The summed E-state index contributed by atoms with van der Waals surface area (Å²) < 4.78 is 25.7. The smallest absolute Gasteiger partial charge is 0.304 e. The van der Waals surface area contributed by atoms with Crippen molar-refractivity contribution in [1.82, 2.24) is 4.72 Å². The quantitative estimate of drug-likeness (QED) is 0.755. The average molecular weight is 249 g/mol. The molecule has 1 aliphatic carbocycles. The average Bonchev–Trinajstić information content (AvgIpc) is 2.46. The van der Waals surface area contributed by atoms with Gasteiger partial charge in [-0.05, 0) is 24.7 Å². The molecule has 16 heavy (non-hydrogen) atoms. The molecule has 1 rings (SSSR count). The Hall–Kier alpha value is -0.620. The largest absolute Gasteiger partial charge is 0.481 e. The number of hydrogen-bond acceptors (Lipinski definition) is 3. The lowest BCUT2D eigenvalue weighted by molar-refractivity contribution is -0.136. The van der Waals surface area contributed by atoms with E-state index < -0.39 is 16.0 Å². The third-order valence-electron chi connectivity index (χ3n) is 3.38. The number of hydrogen-bond donors (Lipinski definition) is 2. The molecule has 0 saturated heterocycles. The Bertz CT molecular complexity index is 352. The van der Waals surface area contributed by atoms with Gasteiger partial charge in [0.15, 0.2) is 0 Å². The first-order chi connectivity index (χ1) is 7.32. The van der Waals surface area contributed by atoms with Crippen LogP contribution in [-0.4, -0.2) is 31.3 Å². The van der Waals surface area contributed by atoms with Gasteiger partial charge in [-0.25, -0.2) is 13.1 Å². The highest BCUT2D eigenvalue weighted by Gasteiger charge is 2.32. The van der Waals surface area contributed by atoms with E-state index in [1.54, 1.807) is 0 Å². The van der Waals surface area contributed by atoms with Crippen LogP contribution in [0.3, 0.4) is 0 Å². The third-order valence-corrected chi connectivity index (χ3v) is 4.78. The Morgan fingerprint density at radius 3 is 2.44 bits per heavy atom. The Labute approximate surface area is 96.3 Å². The molecule has 0 spiro atoms. The second-order valence-corrected chi connectivity index (χ2v) is 6.47. The summed E-state index contributed by atoms with van der Waals surface area (Å²) >= 11 is 0. The molecule has 0 amide bonds. The molecule has 3 unspecified atom stereocenters. The Morgan fingerprint density at radius 1 is 1.38 bits per heavy atom. The molecule has 94 valence electrons. The van der Waals surface area contributed by atoms with Gasteiger partial charge in [0.25, 0.3) is 0 Å². The Morgan fingerprint density at radius 2 is 2.00 bits per heavy atom. The van der Waals surface area contributed by atoms with Crippen molar-refractivity contribution < 1.29 is 18.3 Å². The lowest BCUT2D eigenvalue weighted by Gasteiger charge is -2.19. The van der Waals surface area contributed by atoms with Crippen LogP contribution in [0.4, 0.5) is 0 Å². The molecule has 1 aliphatic rings. The van der Waals surface area contributed by atoms with Gasteiger partial charge in [0.2, 0.25) is 10.0 Å². The highest BCUT2D eigenvalue weighted by atomic mass is 32.2. The lowest BCUT2D eigenvalue weighted by Crippen LogP contribution is -2.39. The molecule has 0 aromatic rings. The van der Waals surface area contributed by atoms with Crippen LogP contribution in [0.5, 0.6) is 0 Å². The number of carboxylic acids is 1. The van der Waals surface area contributed by atoms with Crippen LogP contribution in [0.2, 0.25) is 0 Å². The van der Waals surface area contributed by atoms with Gasteiger partial charge in [-0.2, -0.15) is 0 Å². The maximum Gasteiger partial charge on any atom is 0.304 e. The minimum absolute atomic E-state index is 0.0335. The summed E-state index contributed by atoms with van der Waals surface area (Å²) in [5.41, 5.74) is 0.